The van der Waals surface area contributed by atoms with E-state index in [1.165, 1.54) is 0 Å². The van der Waals surface area contributed by atoms with Crippen LogP contribution in [0, 0.1) is 0 Å². The van der Waals surface area contributed by atoms with E-state index < -0.39 is 279 Å². The number of amides is 4. The zero-order valence-corrected chi connectivity index (χ0v) is 60.7. The van der Waals surface area contributed by atoms with Gasteiger partial charge in [-0.2, -0.15) is 0 Å². The van der Waals surface area contributed by atoms with Crippen LogP contribution in [-0.2, 0) is 137 Å². The van der Waals surface area contributed by atoms with Crippen LogP contribution in [-0.4, -0.2) is 246 Å². The Bertz CT molecular complexity index is 4560. The molecule has 0 bridgehead atoms. The lowest BCUT2D eigenvalue weighted by Crippen LogP contribution is -2.60. The Morgan fingerprint density at radius 2 is 0.566 bits per heavy atom. The van der Waals surface area contributed by atoms with E-state index in [9.17, 15) is 112 Å². The number of carbonyl (C=O) groups excluding carboxylic acids is 8. The molecule has 7 rings (SSSR count). The summed E-state index contributed by atoms with van der Waals surface area (Å²) in [7, 11) is 0. The Balaban J connectivity index is 0.942. The number of aliphatic hydroxyl groups is 6. The van der Waals surface area contributed by atoms with Crippen molar-refractivity contribution in [1.82, 2.24) is 57.1 Å². The van der Waals surface area contributed by atoms with Crippen molar-refractivity contribution in [3.8, 4) is 0 Å². The van der Waals surface area contributed by atoms with Gasteiger partial charge in [0.25, 0.3) is 0 Å². The van der Waals surface area contributed by atoms with Gasteiger partial charge in [-0.05, 0) is 16.7 Å². The zero-order chi connectivity index (χ0) is 82.1. The number of ether oxygens (including phenoxy) is 9. The normalized spacial score (nSPS) is 13.8. The van der Waals surface area contributed by atoms with E-state index in [4.69, 9.17) is 42.6 Å². The molecule has 6 atom stereocenters. The predicted molar refractivity (Wildman–Crippen MR) is 380 cm³/mol. The van der Waals surface area contributed by atoms with Crippen molar-refractivity contribution in [3.63, 3.8) is 0 Å². The maximum atomic E-state index is 14.0. The van der Waals surface area contributed by atoms with Gasteiger partial charge in [0, 0.05) is 39.3 Å². The summed E-state index contributed by atoms with van der Waals surface area (Å²) in [6, 6.07) is 25.1. The summed E-state index contributed by atoms with van der Waals surface area (Å²) in [4.78, 5) is 227. The Morgan fingerprint density at radius 3 is 0.850 bits per heavy atom. The summed E-state index contributed by atoms with van der Waals surface area (Å²) in [6.45, 7) is -12.2. The second-order valence-electron chi connectivity index (χ2n) is 25.2. The third kappa shape index (κ3) is 28.7. The second kappa shape index (κ2) is 44.8. The van der Waals surface area contributed by atoms with Gasteiger partial charge in [0.1, 0.15) is 76.3 Å². The first kappa shape index (κ1) is 88.3. The molecule has 4 heterocycles. The highest BCUT2D eigenvalue weighted by Crippen LogP contribution is 2.11. The van der Waals surface area contributed by atoms with Gasteiger partial charge < -0.3 is 83.5 Å². The fourth-order valence-corrected chi connectivity index (χ4v) is 10.4. The lowest BCUT2D eigenvalue weighted by molar-refractivity contribution is -0.149. The monoisotopic (exact) mass is 1590 g/mol. The van der Waals surface area contributed by atoms with Gasteiger partial charge in [0.2, 0.25) is 0 Å². The van der Waals surface area contributed by atoms with Crippen LogP contribution >= 0.6 is 0 Å². The number of aliphatic hydroxyl groups excluding tert-OH is 6. The highest BCUT2D eigenvalue weighted by molar-refractivity contribution is 5.96. The third-order valence-corrected chi connectivity index (χ3v) is 16.2. The first-order chi connectivity index (χ1) is 54.0. The number of hydrogen-bond donors (Lipinski definition) is 9. The molecule has 113 heavy (non-hydrogen) atoms. The molecule has 44 heteroatoms. The van der Waals surface area contributed by atoms with Gasteiger partial charge in [-0.1, -0.05) is 91.0 Å². The standard InChI is InChI=1S/C69H86N12O32/c82-47(37-108-53(88)16-22-73-43-70-59(94)74(64(73)99)23-17-56(91)111-40-50(85)34-105-31-44-10-4-1-5-11-44)28-79-67(102)80(29-48(83)38-109-54(89)18-24-75-60(95)71-62(97)77(65(75)100)26-20-57(92)112-41-51(86)35-106-32-45-12-6-2-7-13-45)69(104)81(68(79)103)30-49(84)39-110-55(90)19-25-76-61(96)72-63(98)78(66(76)101)27-21-58(93)113-42-52(87)36-107-33-46-14-8-3-9-15-46/h1-15,47-52,82-87H,16-43H2,(H,70,94)(H,71,95,97)(H,72,96,98). The van der Waals surface area contributed by atoms with Crippen LogP contribution in [0.15, 0.2) is 134 Å². The minimum absolute atomic E-state index is 0.160. The largest absolute Gasteiger partial charge is 0.463 e. The molecule has 3 aromatic carbocycles. The molecule has 44 nitrogen and oxygen atoms in total. The molecule has 4 amide bonds. The molecule has 3 aromatic heterocycles. The number of nitrogens with zero attached hydrogens (tertiary/aromatic N) is 9. The van der Waals surface area contributed by atoms with Gasteiger partial charge in [0.05, 0.1) is 104 Å². The molecule has 0 spiro atoms. The van der Waals surface area contributed by atoms with Crippen LogP contribution in [0.25, 0.3) is 0 Å². The number of benzene rings is 3. The summed E-state index contributed by atoms with van der Waals surface area (Å²) in [6.07, 6.45) is -13.7. The molecule has 6 unspecified atom stereocenters. The molecular formula is C69H86N12O32. The molecule has 0 aliphatic carbocycles. The summed E-state index contributed by atoms with van der Waals surface area (Å²) in [5.74, 6) is -6.36. The number of rotatable bonds is 48. The van der Waals surface area contributed by atoms with Crippen molar-refractivity contribution in [2.75, 3.05) is 79.2 Å². The second-order valence-corrected chi connectivity index (χ2v) is 25.2. The van der Waals surface area contributed by atoms with Crippen molar-refractivity contribution in [2.24, 2.45) is 0 Å². The van der Waals surface area contributed by atoms with Crippen molar-refractivity contribution >= 4 is 47.9 Å². The number of nitrogens with one attached hydrogen (secondary N) is 3. The molecule has 1 fully saturated rings. The first-order valence-electron chi connectivity index (χ1n) is 35.1. The zero-order valence-electron chi connectivity index (χ0n) is 60.7. The average Bonchev–Trinajstić information content (AvgIpc) is 0.790. The van der Waals surface area contributed by atoms with Crippen LogP contribution in [0.1, 0.15) is 55.2 Å². The maximum Gasteiger partial charge on any atom is 0.336 e. The van der Waals surface area contributed by atoms with Gasteiger partial charge >= 0.3 is 99.1 Å². The minimum Gasteiger partial charge on any atom is -0.463 e. The minimum atomic E-state index is -2.04. The van der Waals surface area contributed by atoms with Crippen LogP contribution in [0.5, 0.6) is 0 Å². The summed E-state index contributed by atoms with van der Waals surface area (Å²) in [5.41, 5.74) is -9.86. The van der Waals surface area contributed by atoms with E-state index in [2.05, 4.69) is 5.32 Å². The van der Waals surface area contributed by atoms with E-state index in [0.29, 0.717) is 23.2 Å². The highest BCUT2D eigenvalue weighted by atomic mass is 16.6. The number of hydrogen-bond acceptors (Lipinski definition) is 32. The van der Waals surface area contributed by atoms with E-state index >= 15 is 0 Å². The molecule has 614 valence electrons. The molecule has 1 aliphatic heterocycles. The van der Waals surface area contributed by atoms with Crippen LogP contribution in [0.3, 0.4) is 0 Å². The number of H-pyrrole nitrogens is 2. The van der Waals surface area contributed by atoms with Gasteiger partial charge in [-0.15, -0.1) is 0 Å². The number of aromatic amines is 2. The third-order valence-electron chi connectivity index (χ3n) is 16.2. The molecular weight excluding hydrogens is 1510 g/mol. The first-order valence-corrected chi connectivity index (χ1v) is 35.1. The summed E-state index contributed by atoms with van der Waals surface area (Å²) >= 11 is 0. The molecule has 0 saturated carbocycles. The lowest BCUT2D eigenvalue weighted by atomic mass is 10.2. The number of aromatic nitrogens is 9. The molecule has 0 radical (unpaired) electrons. The molecule has 9 N–H and O–H groups in total. The number of urea groups is 2. The average molecular weight is 1600 g/mol. The van der Waals surface area contributed by atoms with E-state index in [1.807, 2.05) is 28.2 Å². The molecule has 6 aromatic rings. The molecule has 1 aliphatic rings. The van der Waals surface area contributed by atoms with E-state index in [1.54, 1.807) is 72.8 Å². The highest BCUT2D eigenvalue weighted by Gasteiger charge is 2.33. The van der Waals surface area contributed by atoms with Gasteiger partial charge in [0.15, 0.2) is 0 Å². The Kier molecular flexibility index (Phi) is 35.0. The molecule has 1 saturated heterocycles. The van der Waals surface area contributed by atoms with Crippen LogP contribution in [0.2, 0.25) is 0 Å². The smallest absolute Gasteiger partial charge is 0.336 e. The van der Waals surface area contributed by atoms with E-state index in [0.717, 1.165) is 21.6 Å². The number of carbonyl (C=O) groups is 8. The Morgan fingerprint density at radius 1 is 0.319 bits per heavy atom. The van der Waals surface area contributed by atoms with E-state index in [-0.39, 0.29) is 53.3 Å². The SMILES string of the molecule is O=C(CCN1C(=O)NCN(CCC(=O)OCC(O)Cn2c(=O)n(CC(O)COC(=O)CCn3c(=O)[nH]c(=O)n(CCC(=O)OCC(O)COCc4ccccc4)c3=O)c(=O)n(CC(O)COC(=O)CCn3c(=O)[nH]c(=O)n(CCC(=O)OCC(O)COCc4ccccc4)c3=O)c2=O)C1=O)OCC(O)COCc1ccccc1. The van der Waals surface area contributed by atoms with Crippen LogP contribution < -0.4 is 56.5 Å². The topological polar surface area (TPSA) is 579 Å². The Labute approximate surface area is 636 Å². The van der Waals surface area contributed by atoms with Gasteiger partial charge in [-0.25, -0.2) is 89.6 Å². The van der Waals surface area contributed by atoms with Crippen molar-refractivity contribution < 1.29 is 112 Å². The quantitative estimate of drug-likeness (QED) is 0.0127. The summed E-state index contributed by atoms with van der Waals surface area (Å²) in [5, 5.41) is 66.3. The Hall–Kier alpha value is -11.9. The lowest BCUT2D eigenvalue weighted by Gasteiger charge is -2.34. The van der Waals surface area contributed by atoms with Crippen molar-refractivity contribution in [2.45, 2.75) is 141 Å². The van der Waals surface area contributed by atoms with Crippen molar-refractivity contribution in [1.29, 1.82) is 0 Å². The fraction of sp³-hybridized carbons (Fsp3) is 0.493. The number of imide groups is 1. The number of esters is 6. The summed E-state index contributed by atoms with van der Waals surface area (Å²) < 4.78 is 48.8. The van der Waals surface area contributed by atoms with Crippen LogP contribution in [0.4, 0.5) is 9.59 Å². The maximum absolute atomic E-state index is 14.0. The van der Waals surface area contributed by atoms with Crippen molar-refractivity contribution in [3.05, 3.63) is 202 Å². The predicted octanol–water partition coefficient (Wildman–Crippen LogP) is -6.58. The fourth-order valence-electron chi connectivity index (χ4n) is 10.4. The van der Waals surface area contributed by atoms with Gasteiger partial charge in [-0.3, -0.25) is 38.7 Å².